The van der Waals surface area contributed by atoms with E-state index >= 15 is 0 Å². The van der Waals surface area contributed by atoms with Gasteiger partial charge in [-0.25, -0.2) is 9.97 Å². The van der Waals surface area contributed by atoms with Crippen LogP contribution in [-0.2, 0) is 11.2 Å². The second kappa shape index (κ2) is 3.30. The Hall–Kier alpha value is -1.45. The molecule has 1 rings (SSSR count). The molecule has 0 spiro atoms. The van der Waals surface area contributed by atoms with Crippen LogP contribution in [0.15, 0.2) is 6.20 Å². The van der Waals surface area contributed by atoms with Crippen molar-refractivity contribution in [2.75, 3.05) is 0 Å². The number of nitrogens with zero attached hydrogens (tertiary/aromatic N) is 2. The molecule has 1 heterocycles. The third-order valence-electron chi connectivity index (χ3n) is 1.52. The van der Waals surface area contributed by atoms with Crippen LogP contribution in [-0.4, -0.2) is 21.0 Å². The monoisotopic (exact) mass is 166 g/mol. The number of aromatic nitrogens is 2. The summed E-state index contributed by atoms with van der Waals surface area (Å²) in [7, 11) is 0. The largest absolute Gasteiger partial charge is 0.481 e. The fraction of sp³-hybridized carbons (Fsp3) is 0.375. The Morgan fingerprint density at radius 2 is 2.25 bits per heavy atom. The van der Waals surface area contributed by atoms with Gasteiger partial charge in [0, 0.05) is 6.20 Å². The molecule has 4 nitrogen and oxygen atoms in total. The van der Waals surface area contributed by atoms with Crippen LogP contribution in [0.1, 0.15) is 17.1 Å². The van der Waals surface area contributed by atoms with Gasteiger partial charge in [0.15, 0.2) is 0 Å². The molecule has 0 aliphatic rings. The zero-order valence-electron chi connectivity index (χ0n) is 7.03. The fourth-order valence-corrected chi connectivity index (χ4v) is 0.899. The Morgan fingerprint density at radius 1 is 1.58 bits per heavy atom. The lowest BCUT2D eigenvalue weighted by molar-refractivity contribution is -0.136. The summed E-state index contributed by atoms with van der Waals surface area (Å²) in [6, 6.07) is 0. The summed E-state index contributed by atoms with van der Waals surface area (Å²) in [5.74, 6) is -0.256. The Balaban J connectivity index is 2.97. The molecule has 0 saturated carbocycles. The standard InChI is InChI=1S/C8H10N2O2/c1-5-4-9-6(2)10-7(5)3-8(11)12/h4H,3H2,1-2H3,(H,11,12). The van der Waals surface area contributed by atoms with Gasteiger partial charge in [-0.15, -0.1) is 0 Å². The maximum Gasteiger partial charge on any atom is 0.309 e. The molecule has 0 saturated heterocycles. The number of carboxylic acid groups (broad SMARTS) is 1. The Bertz CT molecular complexity index is 310. The van der Waals surface area contributed by atoms with E-state index in [4.69, 9.17) is 5.11 Å². The van der Waals surface area contributed by atoms with Crippen LogP contribution >= 0.6 is 0 Å². The lowest BCUT2D eigenvalue weighted by Crippen LogP contribution is -2.06. The number of hydrogen-bond donors (Lipinski definition) is 1. The van der Waals surface area contributed by atoms with E-state index in [9.17, 15) is 4.79 Å². The van der Waals surface area contributed by atoms with Gasteiger partial charge in [0.1, 0.15) is 5.82 Å². The van der Waals surface area contributed by atoms with Gasteiger partial charge in [-0.1, -0.05) is 0 Å². The number of carbonyl (C=O) groups is 1. The smallest absolute Gasteiger partial charge is 0.309 e. The first-order valence-electron chi connectivity index (χ1n) is 3.60. The van der Waals surface area contributed by atoms with Gasteiger partial charge in [0.05, 0.1) is 12.1 Å². The van der Waals surface area contributed by atoms with Crippen LogP contribution in [0, 0.1) is 13.8 Å². The van der Waals surface area contributed by atoms with Gasteiger partial charge in [-0.2, -0.15) is 0 Å². The minimum atomic E-state index is -0.865. The van der Waals surface area contributed by atoms with Crippen molar-refractivity contribution in [1.29, 1.82) is 0 Å². The van der Waals surface area contributed by atoms with Crippen molar-refractivity contribution in [1.82, 2.24) is 9.97 Å². The summed E-state index contributed by atoms with van der Waals surface area (Å²) in [5, 5.41) is 8.52. The molecule has 0 amide bonds. The van der Waals surface area contributed by atoms with E-state index in [2.05, 4.69) is 9.97 Å². The summed E-state index contributed by atoms with van der Waals surface area (Å²) in [6.07, 6.45) is 1.61. The maximum absolute atomic E-state index is 10.4. The molecule has 4 heteroatoms. The summed E-state index contributed by atoms with van der Waals surface area (Å²) in [6.45, 7) is 3.54. The highest BCUT2D eigenvalue weighted by Crippen LogP contribution is 2.03. The molecule has 0 aliphatic heterocycles. The second-order valence-electron chi connectivity index (χ2n) is 2.62. The SMILES string of the molecule is Cc1ncc(C)c(CC(=O)O)n1. The summed E-state index contributed by atoms with van der Waals surface area (Å²) in [4.78, 5) is 18.3. The minimum Gasteiger partial charge on any atom is -0.481 e. The van der Waals surface area contributed by atoms with E-state index in [-0.39, 0.29) is 6.42 Å². The van der Waals surface area contributed by atoms with Gasteiger partial charge in [-0.3, -0.25) is 4.79 Å². The van der Waals surface area contributed by atoms with Crippen LogP contribution in [0.25, 0.3) is 0 Å². The van der Waals surface area contributed by atoms with Crippen molar-refractivity contribution >= 4 is 5.97 Å². The minimum absolute atomic E-state index is 0.0325. The van der Waals surface area contributed by atoms with E-state index < -0.39 is 5.97 Å². The van der Waals surface area contributed by atoms with Crippen molar-refractivity contribution in [3.63, 3.8) is 0 Å². The molecule has 64 valence electrons. The first-order valence-corrected chi connectivity index (χ1v) is 3.60. The van der Waals surface area contributed by atoms with Gasteiger partial charge in [-0.05, 0) is 19.4 Å². The molecular weight excluding hydrogens is 156 g/mol. The molecule has 0 fully saturated rings. The third-order valence-corrected chi connectivity index (χ3v) is 1.52. The van der Waals surface area contributed by atoms with E-state index in [0.717, 1.165) is 5.56 Å². The fourth-order valence-electron chi connectivity index (χ4n) is 0.899. The number of hydrogen-bond acceptors (Lipinski definition) is 3. The molecule has 0 aliphatic carbocycles. The molecule has 0 aromatic carbocycles. The molecular formula is C8H10N2O2. The normalized spacial score (nSPS) is 9.83. The number of carboxylic acids is 1. The Labute approximate surface area is 70.3 Å². The molecule has 1 N–H and O–H groups in total. The van der Waals surface area contributed by atoms with Gasteiger partial charge in [0.25, 0.3) is 0 Å². The average Bonchev–Trinajstić information content (AvgIpc) is 1.96. The van der Waals surface area contributed by atoms with Crippen LogP contribution in [0.4, 0.5) is 0 Å². The number of rotatable bonds is 2. The van der Waals surface area contributed by atoms with Crippen LogP contribution < -0.4 is 0 Å². The van der Waals surface area contributed by atoms with Crippen molar-refractivity contribution in [2.24, 2.45) is 0 Å². The zero-order valence-corrected chi connectivity index (χ0v) is 7.03. The Morgan fingerprint density at radius 3 is 2.83 bits per heavy atom. The van der Waals surface area contributed by atoms with E-state index in [1.54, 1.807) is 20.0 Å². The lowest BCUT2D eigenvalue weighted by Gasteiger charge is -2.01. The van der Waals surface area contributed by atoms with Crippen molar-refractivity contribution in [3.05, 3.63) is 23.3 Å². The predicted octanol–water partition coefficient (Wildman–Crippen LogP) is 0.721. The third kappa shape index (κ3) is 2.02. The molecule has 0 radical (unpaired) electrons. The van der Waals surface area contributed by atoms with Gasteiger partial charge < -0.3 is 5.11 Å². The number of aryl methyl sites for hydroxylation is 2. The topological polar surface area (TPSA) is 63.1 Å². The summed E-state index contributed by atoms with van der Waals surface area (Å²) in [5.41, 5.74) is 1.41. The van der Waals surface area contributed by atoms with E-state index in [1.807, 2.05) is 0 Å². The maximum atomic E-state index is 10.4. The summed E-state index contributed by atoms with van der Waals surface area (Å²) >= 11 is 0. The van der Waals surface area contributed by atoms with Gasteiger partial charge in [0.2, 0.25) is 0 Å². The zero-order chi connectivity index (χ0) is 9.14. The van der Waals surface area contributed by atoms with Gasteiger partial charge >= 0.3 is 5.97 Å². The molecule has 0 unspecified atom stereocenters. The van der Waals surface area contributed by atoms with Crippen LogP contribution in [0.3, 0.4) is 0 Å². The molecule has 1 aromatic rings. The van der Waals surface area contributed by atoms with Crippen LogP contribution in [0.2, 0.25) is 0 Å². The highest BCUT2D eigenvalue weighted by atomic mass is 16.4. The van der Waals surface area contributed by atoms with Crippen molar-refractivity contribution in [2.45, 2.75) is 20.3 Å². The molecule has 0 atom stereocenters. The second-order valence-corrected chi connectivity index (χ2v) is 2.62. The highest BCUT2D eigenvalue weighted by molar-refractivity contribution is 5.69. The molecule has 1 aromatic heterocycles. The predicted molar refractivity (Wildman–Crippen MR) is 42.8 cm³/mol. The lowest BCUT2D eigenvalue weighted by atomic mass is 10.2. The molecule has 0 bridgehead atoms. The highest BCUT2D eigenvalue weighted by Gasteiger charge is 2.05. The van der Waals surface area contributed by atoms with Crippen LogP contribution in [0.5, 0.6) is 0 Å². The quantitative estimate of drug-likeness (QED) is 0.703. The molecule has 12 heavy (non-hydrogen) atoms. The first-order chi connectivity index (χ1) is 5.59. The van der Waals surface area contributed by atoms with Crippen molar-refractivity contribution < 1.29 is 9.90 Å². The number of aliphatic carboxylic acids is 1. The van der Waals surface area contributed by atoms with E-state index in [0.29, 0.717) is 11.5 Å². The first kappa shape index (κ1) is 8.64. The van der Waals surface area contributed by atoms with Crippen molar-refractivity contribution in [3.8, 4) is 0 Å². The summed E-state index contributed by atoms with van der Waals surface area (Å²) < 4.78 is 0. The Kier molecular flexibility index (Phi) is 2.38. The average molecular weight is 166 g/mol. The van der Waals surface area contributed by atoms with E-state index in [1.165, 1.54) is 0 Å².